The molecule has 0 unspecified atom stereocenters. The van der Waals surface area contributed by atoms with Gasteiger partial charge in [0.25, 0.3) is 0 Å². The first-order valence-corrected chi connectivity index (χ1v) is 14.9. The summed E-state index contributed by atoms with van der Waals surface area (Å²) in [6, 6.07) is 22.1. The molecular weight excluding hydrogens is 554 g/mol. The van der Waals surface area contributed by atoms with Crippen molar-refractivity contribution >= 4 is 64.5 Å². The number of Topliss-reactive ketones (excluding diaryl/α,β-unsaturated/α-hetero) is 2. The topological polar surface area (TPSA) is 37.4 Å². The van der Waals surface area contributed by atoms with Gasteiger partial charge in [0.2, 0.25) is 0 Å². The Morgan fingerprint density at radius 1 is 0.794 bits per heavy atom. The Labute approximate surface area is 212 Å². The summed E-state index contributed by atoms with van der Waals surface area (Å²) in [5, 5.41) is 3.58. The molecule has 3 nitrogen and oxygen atoms in total. The van der Waals surface area contributed by atoms with Crippen LogP contribution in [-0.2, 0) is 5.41 Å². The molecular formula is C29H21NO2STe. The van der Waals surface area contributed by atoms with Gasteiger partial charge in [-0.15, -0.1) is 0 Å². The third-order valence-corrected chi connectivity index (χ3v) is 11.2. The van der Waals surface area contributed by atoms with E-state index in [0.29, 0.717) is 16.7 Å². The minimum absolute atomic E-state index is 0.113. The van der Waals surface area contributed by atoms with Crippen molar-refractivity contribution in [2.24, 2.45) is 0 Å². The molecule has 3 aliphatic rings. The van der Waals surface area contributed by atoms with Crippen LogP contribution in [0.2, 0.25) is 0 Å². The Morgan fingerprint density at radius 2 is 1.38 bits per heavy atom. The number of thiophene rings is 1. The molecule has 0 radical (unpaired) electrons. The van der Waals surface area contributed by atoms with E-state index in [-0.39, 0.29) is 17.0 Å². The van der Waals surface area contributed by atoms with Gasteiger partial charge in [-0.25, -0.2) is 0 Å². The van der Waals surface area contributed by atoms with E-state index >= 15 is 0 Å². The molecule has 1 fully saturated rings. The third-order valence-electron chi connectivity index (χ3n) is 7.54. The predicted octanol–water partition coefficient (Wildman–Crippen LogP) is 6.91. The number of nitrogens with zero attached hydrogens (tertiary/aromatic N) is 1. The predicted molar refractivity (Wildman–Crippen MR) is 138 cm³/mol. The van der Waals surface area contributed by atoms with Gasteiger partial charge in [0.1, 0.15) is 0 Å². The quantitative estimate of drug-likeness (QED) is 0.148. The van der Waals surface area contributed by atoms with Crippen LogP contribution in [0.25, 0.3) is 6.08 Å². The van der Waals surface area contributed by atoms with Crippen LogP contribution in [0, 0.1) is 0 Å². The number of rotatable bonds is 2. The number of para-hydroxylation sites is 2. The molecule has 166 valence electrons. The van der Waals surface area contributed by atoms with E-state index in [4.69, 9.17) is 0 Å². The number of ketones is 2. The van der Waals surface area contributed by atoms with Crippen LogP contribution >= 0.6 is 11.3 Å². The molecule has 1 spiro atoms. The van der Waals surface area contributed by atoms with Gasteiger partial charge in [0.15, 0.2) is 0 Å². The number of benzene rings is 2. The van der Waals surface area contributed by atoms with Crippen molar-refractivity contribution in [1.29, 1.82) is 0 Å². The molecule has 2 aromatic heterocycles. The van der Waals surface area contributed by atoms with Crippen LogP contribution in [0.15, 0.2) is 77.0 Å². The maximum atomic E-state index is 12.8. The SMILES string of the molecule is O=C1C(=Cc2ccc(N3c4ccccc4C4(CCCC4)c4ccccc43)[te]2)C(=O)c2cscc21. The zero-order valence-corrected chi connectivity index (χ0v) is 21.6. The molecule has 5 heteroatoms. The molecule has 0 atom stereocenters. The Kier molecular flexibility index (Phi) is 4.64. The first kappa shape index (κ1) is 20.6. The molecule has 34 heavy (non-hydrogen) atoms. The van der Waals surface area contributed by atoms with Crippen molar-refractivity contribution in [2.45, 2.75) is 31.1 Å². The second-order valence-electron chi connectivity index (χ2n) is 9.25. The van der Waals surface area contributed by atoms with Crippen LogP contribution in [-0.4, -0.2) is 32.0 Å². The van der Waals surface area contributed by atoms with E-state index < -0.39 is 20.4 Å². The number of hydrogen-bond acceptors (Lipinski definition) is 4. The van der Waals surface area contributed by atoms with E-state index in [0.717, 1.165) is 3.58 Å². The average molecular weight is 575 g/mol. The summed E-state index contributed by atoms with van der Waals surface area (Å²) >= 11 is 0.652. The summed E-state index contributed by atoms with van der Waals surface area (Å²) in [5.74, 6) is -0.250. The molecule has 1 saturated carbocycles. The normalized spacial score (nSPS) is 17.8. The summed E-state index contributed by atoms with van der Waals surface area (Å²) in [5.41, 5.74) is 7.03. The number of carbonyl (C=O) groups excluding carboxylic acids is 2. The van der Waals surface area contributed by atoms with Crippen molar-refractivity contribution < 1.29 is 9.59 Å². The summed E-state index contributed by atoms with van der Waals surface area (Å²) in [7, 11) is 0. The van der Waals surface area contributed by atoms with E-state index in [9.17, 15) is 9.59 Å². The molecule has 2 aliphatic carbocycles. The zero-order valence-electron chi connectivity index (χ0n) is 18.4. The van der Waals surface area contributed by atoms with Crippen molar-refractivity contribution in [3.05, 3.63) is 103 Å². The van der Waals surface area contributed by atoms with Crippen LogP contribution < -0.4 is 4.90 Å². The first-order valence-electron chi connectivity index (χ1n) is 11.6. The van der Waals surface area contributed by atoms with E-state index in [1.807, 2.05) is 6.08 Å². The summed E-state index contributed by atoms with van der Waals surface area (Å²) in [4.78, 5) is 28.0. The number of hydrogen-bond donors (Lipinski definition) is 0. The standard InChI is InChI=1S/C29H21NO2STe/c31-27-19(28(32)21-17-33-16-20(21)27)15-18-11-12-26(34-18)30-24-9-3-1-7-22(24)29(13-5-6-14-29)23-8-2-4-10-25(23)30/h1-4,7-12,15-17H,5-6,13-14H2. The molecule has 0 amide bonds. The van der Waals surface area contributed by atoms with Crippen molar-refractivity contribution in [1.82, 2.24) is 0 Å². The van der Waals surface area contributed by atoms with E-state index in [2.05, 4.69) is 65.6 Å². The van der Waals surface area contributed by atoms with Gasteiger partial charge < -0.3 is 0 Å². The van der Waals surface area contributed by atoms with Crippen molar-refractivity contribution in [2.75, 3.05) is 4.90 Å². The van der Waals surface area contributed by atoms with Gasteiger partial charge in [-0.1, -0.05) is 0 Å². The van der Waals surface area contributed by atoms with E-state index in [1.54, 1.807) is 10.8 Å². The monoisotopic (exact) mass is 577 g/mol. The van der Waals surface area contributed by atoms with E-state index in [1.165, 1.54) is 63.2 Å². The Bertz CT molecular complexity index is 1440. The van der Waals surface area contributed by atoms with Crippen LogP contribution in [0.4, 0.5) is 15.1 Å². The van der Waals surface area contributed by atoms with Gasteiger partial charge in [-0.2, -0.15) is 0 Å². The minimum atomic E-state index is -0.764. The Hall–Kier alpha value is -2.71. The average Bonchev–Trinajstić information content (AvgIpc) is 3.66. The molecule has 3 heterocycles. The van der Waals surface area contributed by atoms with Crippen LogP contribution in [0.5, 0.6) is 0 Å². The third kappa shape index (κ3) is 2.81. The fourth-order valence-electron chi connectivity index (χ4n) is 6.03. The Balaban J connectivity index is 1.35. The van der Waals surface area contributed by atoms with Crippen LogP contribution in [0.3, 0.4) is 0 Å². The van der Waals surface area contributed by atoms with Gasteiger partial charge in [0, 0.05) is 0 Å². The molecule has 0 N–H and O–H groups in total. The summed E-state index contributed by atoms with van der Waals surface area (Å²) in [6.45, 7) is 0. The maximum absolute atomic E-state index is 12.8. The number of fused-ring (bicyclic) bond motifs is 5. The molecule has 0 bridgehead atoms. The van der Waals surface area contributed by atoms with Gasteiger partial charge >= 0.3 is 213 Å². The van der Waals surface area contributed by atoms with Crippen LogP contribution in [0.1, 0.15) is 61.1 Å². The molecule has 0 saturated heterocycles. The number of carbonyl (C=O) groups is 2. The first-order chi connectivity index (χ1) is 16.7. The second kappa shape index (κ2) is 7.65. The molecule has 4 aromatic rings. The second-order valence-corrected chi connectivity index (χ2v) is 13.1. The fourth-order valence-corrected chi connectivity index (χ4v) is 9.63. The molecule has 1 aliphatic heterocycles. The van der Waals surface area contributed by atoms with Gasteiger partial charge in [-0.05, 0) is 0 Å². The molecule has 2 aromatic carbocycles. The van der Waals surface area contributed by atoms with Crippen molar-refractivity contribution in [3.63, 3.8) is 0 Å². The molecule has 7 rings (SSSR count). The van der Waals surface area contributed by atoms with Gasteiger partial charge in [-0.3, -0.25) is 0 Å². The van der Waals surface area contributed by atoms with Crippen molar-refractivity contribution in [3.8, 4) is 0 Å². The summed E-state index contributed by atoms with van der Waals surface area (Å²) in [6.07, 6.45) is 6.81. The zero-order chi connectivity index (χ0) is 22.9. The number of anilines is 3. The summed E-state index contributed by atoms with van der Waals surface area (Å²) < 4.78 is 2.43. The van der Waals surface area contributed by atoms with Gasteiger partial charge in [0.05, 0.1) is 0 Å². The number of allylic oxidation sites excluding steroid dienone is 1. The Morgan fingerprint density at radius 3 is 2.00 bits per heavy atom. The fraction of sp³-hybridized carbons (Fsp3) is 0.172.